The largest absolute Gasteiger partial charge is 0.497 e. The van der Waals surface area contributed by atoms with Gasteiger partial charge in [0.1, 0.15) is 11.4 Å². The highest BCUT2D eigenvalue weighted by Gasteiger charge is 2.25. The summed E-state index contributed by atoms with van der Waals surface area (Å²) in [5.41, 5.74) is 0.932. The molecule has 176 valence electrons. The van der Waals surface area contributed by atoms with Gasteiger partial charge in [0.25, 0.3) is 0 Å². The van der Waals surface area contributed by atoms with Crippen LogP contribution < -0.4 is 15.4 Å². The maximum Gasteiger partial charge on any atom is 0.191 e. The second-order valence-corrected chi connectivity index (χ2v) is 8.64. The van der Waals surface area contributed by atoms with Gasteiger partial charge in [0.05, 0.1) is 25.9 Å². The Labute approximate surface area is 191 Å². The number of methoxy groups -OCH3 is 1. The Morgan fingerprint density at radius 3 is 2.53 bits per heavy atom. The van der Waals surface area contributed by atoms with Gasteiger partial charge in [0, 0.05) is 31.9 Å². The van der Waals surface area contributed by atoms with Gasteiger partial charge in [-0.25, -0.2) is 4.99 Å². The number of nitrogens with zero attached hydrogens (tertiary/aromatic N) is 4. The number of benzene rings is 1. The molecule has 3 N–H and O–H groups in total. The summed E-state index contributed by atoms with van der Waals surface area (Å²) < 4.78 is 7.03. The fraction of sp³-hybridized carbons (Fsp3) is 0.583. The summed E-state index contributed by atoms with van der Waals surface area (Å²) in [6.07, 6.45) is 7.27. The highest BCUT2D eigenvalue weighted by atomic mass is 16.5. The van der Waals surface area contributed by atoms with E-state index in [4.69, 9.17) is 4.74 Å². The van der Waals surface area contributed by atoms with E-state index in [1.165, 1.54) is 24.8 Å². The molecule has 1 aliphatic rings. The Morgan fingerprint density at radius 2 is 1.94 bits per heavy atom. The van der Waals surface area contributed by atoms with Crippen molar-refractivity contribution in [3.8, 4) is 5.75 Å². The molecular weight excluding hydrogens is 404 g/mol. The number of aromatic nitrogens is 2. The second-order valence-electron chi connectivity index (χ2n) is 8.64. The van der Waals surface area contributed by atoms with E-state index in [-0.39, 0.29) is 12.6 Å². The fourth-order valence-corrected chi connectivity index (χ4v) is 4.07. The first-order valence-corrected chi connectivity index (χ1v) is 11.5. The van der Waals surface area contributed by atoms with Crippen molar-refractivity contribution < 1.29 is 9.84 Å². The second kappa shape index (κ2) is 11.3. The predicted molar refractivity (Wildman–Crippen MR) is 128 cm³/mol. The lowest BCUT2D eigenvalue weighted by molar-refractivity contribution is 0.0671. The molecule has 2 atom stereocenters. The average Bonchev–Trinajstić information content (AvgIpc) is 3.26. The van der Waals surface area contributed by atoms with Crippen molar-refractivity contribution in [2.45, 2.75) is 44.8 Å². The van der Waals surface area contributed by atoms with Gasteiger partial charge in [-0.2, -0.15) is 5.10 Å². The Kier molecular flexibility index (Phi) is 8.53. The van der Waals surface area contributed by atoms with Crippen molar-refractivity contribution in [3.63, 3.8) is 0 Å². The van der Waals surface area contributed by atoms with Crippen LogP contribution in [0.25, 0.3) is 0 Å². The van der Waals surface area contributed by atoms with Crippen LogP contribution in [0.1, 0.15) is 50.3 Å². The Balaban J connectivity index is 1.72. The average molecular weight is 443 g/mol. The van der Waals surface area contributed by atoms with Crippen LogP contribution in [0.3, 0.4) is 0 Å². The van der Waals surface area contributed by atoms with E-state index in [1.807, 2.05) is 32.3 Å². The number of guanidine groups is 1. The van der Waals surface area contributed by atoms with Crippen molar-refractivity contribution in [2.75, 3.05) is 39.8 Å². The van der Waals surface area contributed by atoms with Crippen molar-refractivity contribution in [3.05, 3.63) is 47.8 Å². The number of likely N-dealkylation sites (tertiary alicyclic amines) is 1. The fourth-order valence-electron chi connectivity index (χ4n) is 4.07. The maximum absolute atomic E-state index is 10.9. The van der Waals surface area contributed by atoms with Gasteiger partial charge in [-0.05, 0) is 57.5 Å². The molecule has 0 bridgehead atoms. The molecule has 1 aromatic heterocycles. The van der Waals surface area contributed by atoms with Gasteiger partial charge >= 0.3 is 0 Å². The normalized spacial score (nSPS) is 18.1. The molecule has 8 heteroatoms. The van der Waals surface area contributed by atoms with Gasteiger partial charge in [-0.15, -0.1) is 0 Å². The molecule has 0 radical (unpaired) electrons. The van der Waals surface area contributed by atoms with E-state index >= 15 is 0 Å². The minimum Gasteiger partial charge on any atom is -0.497 e. The Hall–Kier alpha value is -2.58. The number of hydrogen-bond donors (Lipinski definition) is 3. The molecule has 2 unspecified atom stereocenters. The number of aryl methyl sites for hydroxylation is 1. The third kappa shape index (κ3) is 6.46. The third-order valence-electron chi connectivity index (χ3n) is 6.01. The van der Waals surface area contributed by atoms with Crippen LogP contribution in [-0.4, -0.2) is 65.6 Å². The lowest BCUT2D eigenvalue weighted by Crippen LogP contribution is -2.45. The third-order valence-corrected chi connectivity index (χ3v) is 6.01. The van der Waals surface area contributed by atoms with E-state index in [2.05, 4.69) is 37.8 Å². The van der Waals surface area contributed by atoms with E-state index in [0.29, 0.717) is 5.96 Å². The summed E-state index contributed by atoms with van der Waals surface area (Å²) in [7, 11) is 3.53. The summed E-state index contributed by atoms with van der Waals surface area (Å²) in [5, 5.41) is 21.9. The number of aliphatic imine (C=N–C) groups is 1. The topological polar surface area (TPSA) is 86.9 Å². The summed E-state index contributed by atoms with van der Waals surface area (Å²) >= 11 is 0. The lowest BCUT2D eigenvalue weighted by atomic mass is 10.0. The van der Waals surface area contributed by atoms with Gasteiger partial charge in [0.2, 0.25) is 0 Å². The molecule has 32 heavy (non-hydrogen) atoms. The smallest absolute Gasteiger partial charge is 0.191 e. The molecular formula is C24H38N6O2. The first-order valence-electron chi connectivity index (χ1n) is 11.5. The summed E-state index contributed by atoms with van der Waals surface area (Å²) in [6, 6.07) is 8.59. The molecule has 0 amide bonds. The minimum atomic E-state index is -1.08. The predicted octanol–water partition coefficient (Wildman–Crippen LogP) is 2.42. The van der Waals surface area contributed by atoms with Crippen LogP contribution >= 0.6 is 0 Å². The number of aliphatic hydroxyl groups is 1. The molecule has 0 spiro atoms. The maximum atomic E-state index is 10.9. The summed E-state index contributed by atoms with van der Waals surface area (Å²) in [6.45, 7) is 7.73. The van der Waals surface area contributed by atoms with Crippen LogP contribution in [0.5, 0.6) is 5.75 Å². The van der Waals surface area contributed by atoms with Crippen molar-refractivity contribution in [1.29, 1.82) is 0 Å². The highest BCUT2D eigenvalue weighted by Crippen LogP contribution is 2.26. The summed E-state index contributed by atoms with van der Waals surface area (Å²) in [4.78, 5) is 7.23. The Morgan fingerprint density at radius 1 is 1.22 bits per heavy atom. The van der Waals surface area contributed by atoms with E-state index in [1.54, 1.807) is 24.9 Å². The summed E-state index contributed by atoms with van der Waals surface area (Å²) in [5.74, 6) is 1.57. The lowest BCUT2D eigenvalue weighted by Gasteiger charge is -2.35. The molecule has 8 nitrogen and oxygen atoms in total. The SMILES string of the molecule is CCNC(=NCC(C)(O)c1cnn(C)c1)NCC(c1ccc(OC)cc1)N1CCCCC1. The molecule has 0 aliphatic carbocycles. The Bertz CT molecular complexity index is 856. The molecule has 2 heterocycles. The number of nitrogens with one attached hydrogen (secondary N) is 2. The van der Waals surface area contributed by atoms with Gasteiger partial charge in [-0.1, -0.05) is 18.6 Å². The molecule has 1 aliphatic heterocycles. The molecule has 1 saturated heterocycles. The number of piperidine rings is 1. The zero-order valence-corrected chi connectivity index (χ0v) is 19.8. The molecule has 0 saturated carbocycles. The van der Waals surface area contributed by atoms with Crippen molar-refractivity contribution in [2.24, 2.45) is 12.0 Å². The minimum absolute atomic E-state index is 0.240. The standard InChI is InChI=1S/C24H38N6O2/c1-5-25-23(27-18-24(2,31)20-15-28-29(3)17-20)26-16-22(30-13-7-6-8-14-30)19-9-11-21(32-4)12-10-19/h9-12,15,17,22,31H,5-8,13-14,16,18H2,1-4H3,(H2,25,26,27). The number of ether oxygens (including phenoxy) is 1. The van der Waals surface area contributed by atoms with E-state index in [0.717, 1.165) is 37.5 Å². The van der Waals surface area contributed by atoms with Crippen LogP contribution in [0.4, 0.5) is 0 Å². The monoisotopic (exact) mass is 442 g/mol. The van der Waals surface area contributed by atoms with Crippen LogP contribution in [0.2, 0.25) is 0 Å². The number of hydrogen-bond acceptors (Lipinski definition) is 5. The quantitative estimate of drug-likeness (QED) is 0.408. The van der Waals surface area contributed by atoms with Crippen LogP contribution in [-0.2, 0) is 12.6 Å². The van der Waals surface area contributed by atoms with Crippen LogP contribution in [0.15, 0.2) is 41.7 Å². The van der Waals surface area contributed by atoms with Gasteiger partial charge in [0.15, 0.2) is 5.96 Å². The van der Waals surface area contributed by atoms with Gasteiger partial charge in [-0.3, -0.25) is 9.58 Å². The zero-order chi connectivity index (χ0) is 23.0. The molecule has 3 rings (SSSR count). The first kappa shape index (κ1) is 24.1. The van der Waals surface area contributed by atoms with E-state index < -0.39 is 5.60 Å². The van der Waals surface area contributed by atoms with Gasteiger partial charge < -0.3 is 20.5 Å². The molecule has 2 aromatic rings. The van der Waals surface area contributed by atoms with E-state index in [9.17, 15) is 5.11 Å². The van der Waals surface area contributed by atoms with Crippen molar-refractivity contribution in [1.82, 2.24) is 25.3 Å². The first-order chi connectivity index (χ1) is 15.4. The van der Waals surface area contributed by atoms with Crippen molar-refractivity contribution >= 4 is 5.96 Å². The number of rotatable bonds is 9. The highest BCUT2D eigenvalue weighted by molar-refractivity contribution is 5.79. The van der Waals surface area contributed by atoms with Crippen LogP contribution in [0, 0.1) is 0 Å². The molecule has 1 aromatic carbocycles. The zero-order valence-electron chi connectivity index (χ0n) is 19.8. The molecule has 1 fully saturated rings.